The molecule has 2 aromatic heterocycles. The van der Waals surface area contributed by atoms with E-state index in [1.807, 2.05) is 0 Å². The molecular formula is C8H8ClN3O2S2. The van der Waals surface area contributed by atoms with Crippen molar-refractivity contribution in [3.05, 3.63) is 28.7 Å². The van der Waals surface area contributed by atoms with E-state index in [1.54, 1.807) is 19.2 Å². The van der Waals surface area contributed by atoms with Crippen molar-refractivity contribution < 1.29 is 8.42 Å². The number of anilines is 1. The van der Waals surface area contributed by atoms with E-state index in [-0.39, 0.29) is 4.21 Å². The van der Waals surface area contributed by atoms with E-state index in [0.717, 1.165) is 11.3 Å². The zero-order valence-electron chi connectivity index (χ0n) is 8.21. The topological polar surface area (TPSA) is 64.0 Å². The molecule has 8 heteroatoms. The Morgan fingerprint density at radius 1 is 1.44 bits per heavy atom. The van der Waals surface area contributed by atoms with Crippen LogP contribution in [0, 0.1) is 0 Å². The SMILES string of the molecule is Cn1nccc1NS(=O)(=O)c1ccc(Cl)s1. The summed E-state index contributed by atoms with van der Waals surface area (Å²) in [6.07, 6.45) is 1.51. The smallest absolute Gasteiger partial charge is 0.263 e. The lowest BCUT2D eigenvalue weighted by molar-refractivity contribution is 0.602. The Morgan fingerprint density at radius 2 is 2.19 bits per heavy atom. The largest absolute Gasteiger partial charge is 0.272 e. The molecule has 0 atom stereocenters. The van der Waals surface area contributed by atoms with Crippen molar-refractivity contribution in [2.45, 2.75) is 4.21 Å². The molecule has 5 nitrogen and oxygen atoms in total. The highest BCUT2D eigenvalue weighted by molar-refractivity contribution is 7.94. The number of halogens is 1. The number of sulfonamides is 1. The maximum atomic E-state index is 11.9. The van der Waals surface area contributed by atoms with Crippen molar-refractivity contribution in [2.75, 3.05) is 4.72 Å². The predicted molar refractivity (Wildman–Crippen MR) is 63.3 cm³/mol. The van der Waals surface area contributed by atoms with E-state index in [0.29, 0.717) is 10.2 Å². The van der Waals surface area contributed by atoms with E-state index in [4.69, 9.17) is 11.6 Å². The van der Waals surface area contributed by atoms with Crippen molar-refractivity contribution in [3.8, 4) is 0 Å². The Hall–Kier alpha value is -1.05. The minimum Gasteiger partial charge on any atom is -0.263 e. The molecule has 0 amide bonds. The molecule has 86 valence electrons. The average molecular weight is 278 g/mol. The van der Waals surface area contributed by atoms with Crippen LogP contribution in [0.3, 0.4) is 0 Å². The summed E-state index contributed by atoms with van der Waals surface area (Å²) in [5.74, 6) is 0.407. The fourth-order valence-electron chi connectivity index (χ4n) is 1.10. The molecule has 0 fully saturated rings. The van der Waals surface area contributed by atoms with Gasteiger partial charge in [-0.25, -0.2) is 8.42 Å². The highest BCUT2D eigenvalue weighted by atomic mass is 35.5. The Morgan fingerprint density at radius 3 is 2.69 bits per heavy atom. The van der Waals surface area contributed by atoms with Crippen LogP contribution in [0.15, 0.2) is 28.6 Å². The Labute approximate surface area is 102 Å². The van der Waals surface area contributed by atoms with Gasteiger partial charge < -0.3 is 0 Å². The second-order valence-electron chi connectivity index (χ2n) is 3.00. The molecule has 0 spiro atoms. The van der Waals surface area contributed by atoms with Crippen LogP contribution in [0.4, 0.5) is 5.82 Å². The molecule has 0 bridgehead atoms. The summed E-state index contributed by atoms with van der Waals surface area (Å²) < 4.78 is 28.2. The predicted octanol–water partition coefficient (Wildman–Crippen LogP) is 1.94. The van der Waals surface area contributed by atoms with Crippen LogP contribution >= 0.6 is 22.9 Å². The highest BCUT2D eigenvalue weighted by Crippen LogP contribution is 2.26. The van der Waals surface area contributed by atoms with Crippen molar-refractivity contribution in [1.82, 2.24) is 9.78 Å². The Bertz CT molecular complexity index is 602. The van der Waals surface area contributed by atoms with Crippen LogP contribution < -0.4 is 4.72 Å². The third-order valence-electron chi connectivity index (χ3n) is 1.87. The average Bonchev–Trinajstić information content (AvgIpc) is 2.77. The second kappa shape index (κ2) is 4.08. The van der Waals surface area contributed by atoms with E-state index in [2.05, 4.69) is 9.82 Å². The standard InChI is InChI=1S/C8H8ClN3O2S2/c1-12-7(4-5-10-12)11-16(13,14)8-3-2-6(9)15-8/h2-5,11H,1H3. The van der Waals surface area contributed by atoms with Crippen LogP contribution in [-0.2, 0) is 17.1 Å². The molecule has 0 unspecified atom stereocenters. The molecule has 0 aromatic carbocycles. The Balaban J connectivity index is 2.31. The number of rotatable bonds is 3. The zero-order chi connectivity index (χ0) is 11.8. The summed E-state index contributed by atoms with van der Waals surface area (Å²) in [4.78, 5) is 0. The first-order valence-electron chi connectivity index (χ1n) is 4.25. The van der Waals surface area contributed by atoms with Crippen LogP contribution in [-0.4, -0.2) is 18.2 Å². The lowest BCUT2D eigenvalue weighted by Gasteiger charge is -2.05. The van der Waals surface area contributed by atoms with Gasteiger partial charge in [-0.2, -0.15) is 5.10 Å². The van der Waals surface area contributed by atoms with Crippen LogP contribution in [0.2, 0.25) is 4.34 Å². The summed E-state index contributed by atoms with van der Waals surface area (Å²) in [7, 11) is -1.91. The summed E-state index contributed by atoms with van der Waals surface area (Å²) in [5, 5.41) is 3.87. The van der Waals surface area contributed by atoms with Gasteiger partial charge in [-0.1, -0.05) is 11.6 Å². The van der Waals surface area contributed by atoms with Crippen LogP contribution in [0.25, 0.3) is 0 Å². The van der Waals surface area contributed by atoms with Crippen molar-refractivity contribution >= 4 is 38.8 Å². The molecule has 0 saturated carbocycles. The number of nitrogens with one attached hydrogen (secondary N) is 1. The second-order valence-corrected chi connectivity index (χ2v) is 6.63. The summed E-state index contributed by atoms with van der Waals surface area (Å²) in [6.45, 7) is 0. The first-order valence-corrected chi connectivity index (χ1v) is 6.93. The van der Waals surface area contributed by atoms with Gasteiger partial charge in [0.25, 0.3) is 10.0 Å². The van der Waals surface area contributed by atoms with E-state index in [1.165, 1.54) is 16.9 Å². The van der Waals surface area contributed by atoms with Gasteiger partial charge in [-0.05, 0) is 12.1 Å². The van der Waals surface area contributed by atoms with E-state index < -0.39 is 10.0 Å². The number of aryl methyl sites for hydroxylation is 1. The molecule has 2 rings (SSSR count). The van der Waals surface area contributed by atoms with Gasteiger partial charge in [0.15, 0.2) is 0 Å². The number of hydrogen-bond donors (Lipinski definition) is 1. The highest BCUT2D eigenvalue weighted by Gasteiger charge is 2.17. The normalized spacial score (nSPS) is 11.6. The van der Waals surface area contributed by atoms with Gasteiger partial charge in [0.1, 0.15) is 10.0 Å². The maximum Gasteiger partial charge on any atom is 0.272 e. The van der Waals surface area contributed by atoms with Crippen LogP contribution in [0.5, 0.6) is 0 Å². The molecule has 1 N–H and O–H groups in total. The third kappa shape index (κ3) is 2.21. The molecule has 0 saturated heterocycles. The molecule has 0 aliphatic rings. The minimum atomic E-state index is -3.56. The number of hydrogen-bond acceptors (Lipinski definition) is 4. The first kappa shape index (κ1) is 11.4. The lowest BCUT2D eigenvalue weighted by atomic mass is 10.7. The summed E-state index contributed by atoms with van der Waals surface area (Å²) in [5.41, 5.74) is 0. The van der Waals surface area contributed by atoms with Crippen molar-refractivity contribution in [1.29, 1.82) is 0 Å². The summed E-state index contributed by atoms with van der Waals surface area (Å²) >= 11 is 6.70. The van der Waals surface area contributed by atoms with E-state index >= 15 is 0 Å². The van der Waals surface area contributed by atoms with Gasteiger partial charge in [0.05, 0.1) is 10.5 Å². The molecule has 2 heterocycles. The Kier molecular flexibility index (Phi) is 2.92. The molecule has 2 aromatic rings. The third-order valence-corrected chi connectivity index (χ3v) is 4.95. The number of nitrogens with zero attached hydrogens (tertiary/aromatic N) is 2. The monoisotopic (exact) mass is 277 g/mol. The summed E-state index contributed by atoms with van der Waals surface area (Å²) in [6, 6.07) is 4.59. The molecule has 0 radical (unpaired) electrons. The quantitative estimate of drug-likeness (QED) is 0.932. The minimum absolute atomic E-state index is 0.179. The number of aromatic nitrogens is 2. The molecule has 0 aliphatic heterocycles. The zero-order valence-corrected chi connectivity index (χ0v) is 10.6. The maximum absolute atomic E-state index is 11.9. The van der Waals surface area contributed by atoms with Gasteiger partial charge in [0, 0.05) is 13.1 Å². The lowest BCUT2D eigenvalue weighted by Crippen LogP contribution is -2.14. The van der Waals surface area contributed by atoms with Gasteiger partial charge in [-0.15, -0.1) is 11.3 Å². The van der Waals surface area contributed by atoms with E-state index in [9.17, 15) is 8.42 Å². The van der Waals surface area contributed by atoms with Crippen molar-refractivity contribution in [3.63, 3.8) is 0 Å². The van der Waals surface area contributed by atoms with Gasteiger partial charge in [-0.3, -0.25) is 9.40 Å². The molecule has 16 heavy (non-hydrogen) atoms. The van der Waals surface area contributed by atoms with Crippen molar-refractivity contribution in [2.24, 2.45) is 7.05 Å². The molecular weight excluding hydrogens is 270 g/mol. The molecule has 0 aliphatic carbocycles. The van der Waals surface area contributed by atoms with Gasteiger partial charge >= 0.3 is 0 Å². The van der Waals surface area contributed by atoms with Gasteiger partial charge in [0.2, 0.25) is 0 Å². The fraction of sp³-hybridized carbons (Fsp3) is 0.125. The number of thiophene rings is 1. The first-order chi connectivity index (χ1) is 7.49. The van der Waals surface area contributed by atoms with Crippen LogP contribution in [0.1, 0.15) is 0 Å². The fourth-order valence-corrected chi connectivity index (χ4v) is 3.67.